The normalized spacial score (nSPS) is 12.5. The van der Waals surface area contributed by atoms with E-state index in [1.54, 1.807) is 0 Å². The van der Waals surface area contributed by atoms with Crippen LogP contribution in [0.3, 0.4) is 0 Å². The van der Waals surface area contributed by atoms with Crippen LogP contribution in [-0.2, 0) is 0 Å². The minimum atomic E-state index is 0.390. The first-order chi connectivity index (χ1) is 4.84. The first-order valence-electron chi connectivity index (χ1n) is 3.27. The fourth-order valence-corrected chi connectivity index (χ4v) is 1.03. The summed E-state index contributed by atoms with van der Waals surface area (Å²) in [5, 5.41) is 0. The van der Waals surface area contributed by atoms with Gasteiger partial charge in [-0.3, -0.25) is 0 Å². The van der Waals surface area contributed by atoms with Gasteiger partial charge in [0.2, 0.25) is 0 Å². The molecule has 1 aromatic carbocycles. The van der Waals surface area contributed by atoms with Gasteiger partial charge in [-0.25, -0.2) is 0 Å². The number of benzene rings is 1. The second-order valence-corrected chi connectivity index (χ2v) is 2.89. The Morgan fingerprint density at radius 3 is 2.40 bits per heavy atom. The summed E-state index contributed by atoms with van der Waals surface area (Å²) in [5.74, 6) is 0. The highest BCUT2D eigenvalue weighted by Gasteiger charge is 1.96. The molecule has 0 amide bonds. The van der Waals surface area contributed by atoms with Crippen molar-refractivity contribution in [2.45, 2.75) is 5.66 Å². The standard InChI is InChI=1S/C9H11P/c1-2-9(10)8-6-4-3-5-7-8/h2-7,9H,1,10H2. The van der Waals surface area contributed by atoms with Gasteiger partial charge in [0.25, 0.3) is 0 Å². The molecule has 0 aliphatic rings. The van der Waals surface area contributed by atoms with E-state index < -0.39 is 0 Å². The van der Waals surface area contributed by atoms with Crippen LogP contribution in [0.1, 0.15) is 11.2 Å². The maximum Gasteiger partial charge on any atom is 0.0161 e. The molecule has 0 aliphatic heterocycles. The Kier molecular flexibility index (Phi) is 2.65. The topological polar surface area (TPSA) is 0 Å². The van der Waals surface area contributed by atoms with Crippen LogP contribution in [0, 0.1) is 0 Å². The van der Waals surface area contributed by atoms with Gasteiger partial charge in [-0.1, -0.05) is 36.4 Å². The Hall–Kier alpha value is -0.610. The second kappa shape index (κ2) is 3.53. The number of allylic oxidation sites excluding steroid dienone is 1. The predicted molar refractivity (Wildman–Crippen MR) is 49.1 cm³/mol. The van der Waals surface area contributed by atoms with Crippen LogP contribution >= 0.6 is 9.24 Å². The van der Waals surface area contributed by atoms with Gasteiger partial charge in [0, 0.05) is 5.66 Å². The molecule has 0 bridgehead atoms. The van der Waals surface area contributed by atoms with E-state index in [1.807, 2.05) is 24.3 Å². The molecule has 0 aromatic heterocycles. The molecule has 0 fully saturated rings. The highest BCUT2D eigenvalue weighted by molar-refractivity contribution is 7.17. The lowest BCUT2D eigenvalue weighted by Gasteiger charge is -2.03. The zero-order chi connectivity index (χ0) is 7.40. The Bertz CT molecular complexity index is 203. The molecule has 0 aliphatic carbocycles. The van der Waals surface area contributed by atoms with Crippen molar-refractivity contribution < 1.29 is 0 Å². The molecule has 2 unspecified atom stereocenters. The highest BCUT2D eigenvalue weighted by Crippen LogP contribution is 2.22. The Labute approximate surface area is 64.2 Å². The molecular weight excluding hydrogens is 139 g/mol. The molecule has 1 heteroatoms. The van der Waals surface area contributed by atoms with Crippen molar-refractivity contribution in [2.75, 3.05) is 0 Å². The van der Waals surface area contributed by atoms with Crippen LogP contribution in [0.5, 0.6) is 0 Å². The lowest BCUT2D eigenvalue weighted by atomic mass is 10.1. The summed E-state index contributed by atoms with van der Waals surface area (Å²) >= 11 is 0. The lowest BCUT2D eigenvalue weighted by Crippen LogP contribution is -1.81. The predicted octanol–water partition coefficient (Wildman–Crippen LogP) is 2.79. The van der Waals surface area contributed by atoms with Crippen LogP contribution in [0.15, 0.2) is 43.0 Å². The van der Waals surface area contributed by atoms with Gasteiger partial charge in [0.15, 0.2) is 0 Å². The molecule has 10 heavy (non-hydrogen) atoms. The van der Waals surface area contributed by atoms with Crippen molar-refractivity contribution in [1.82, 2.24) is 0 Å². The molecule has 2 atom stereocenters. The SMILES string of the molecule is C=CC(P)c1ccccc1. The highest BCUT2D eigenvalue weighted by atomic mass is 31.0. The van der Waals surface area contributed by atoms with Gasteiger partial charge in [0.1, 0.15) is 0 Å². The van der Waals surface area contributed by atoms with E-state index in [9.17, 15) is 0 Å². The third-order valence-electron chi connectivity index (χ3n) is 1.44. The first kappa shape index (κ1) is 7.50. The molecule has 0 spiro atoms. The summed E-state index contributed by atoms with van der Waals surface area (Å²) in [7, 11) is 2.73. The maximum atomic E-state index is 3.72. The van der Waals surface area contributed by atoms with E-state index in [2.05, 4.69) is 28.0 Å². The summed E-state index contributed by atoms with van der Waals surface area (Å²) in [4.78, 5) is 0. The Morgan fingerprint density at radius 2 is 1.90 bits per heavy atom. The second-order valence-electron chi connectivity index (χ2n) is 2.17. The fourth-order valence-electron chi connectivity index (χ4n) is 0.811. The minimum Gasteiger partial charge on any atom is -0.126 e. The molecule has 0 saturated carbocycles. The monoisotopic (exact) mass is 150 g/mol. The maximum absolute atomic E-state index is 3.72. The molecule has 0 heterocycles. The lowest BCUT2D eigenvalue weighted by molar-refractivity contribution is 1.24. The third kappa shape index (κ3) is 1.68. The largest absolute Gasteiger partial charge is 0.126 e. The van der Waals surface area contributed by atoms with Crippen LogP contribution in [0.25, 0.3) is 0 Å². The van der Waals surface area contributed by atoms with Crippen LogP contribution < -0.4 is 0 Å². The van der Waals surface area contributed by atoms with Gasteiger partial charge in [0.05, 0.1) is 0 Å². The van der Waals surface area contributed by atoms with Gasteiger partial charge >= 0.3 is 0 Å². The molecular formula is C9H11P. The average molecular weight is 150 g/mol. The average Bonchev–Trinajstić information content (AvgIpc) is 2.05. The van der Waals surface area contributed by atoms with Crippen molar-refractivity contribution >= 4 is 9.24 Å². The molecule has 0 N–H and O–H groups in total. The van der Waals surface area contributed by atoms with Gasteiger partial charge < -0.3 is 0 Å². The molecule has 52 valence electrons. The van der Waals surface area contributed by atoms with Crippen molar-refractivity contribution in [3.05, 3.63) is 48.6 Å². The number of hydrogen-bond acceptors (Lipinski definition) is 0. The van der Waals surface area contributed by atoms with E-state index in [1.165, 1.54) is 5.56 Å². The van der Waals surface area contributed by atoms with E-state index in [0.717, 1.165) is 0 Å². The molecule has 0 nitrogen and oxygen atoms in total. The molecule has 1 rings (SSSR count). The van der Waals surface area contributed by atoms with Gasteiger partial charge in [-0.05, 0) is 5.56 Å². The van der Waals surface area contributed by atoms with Crippen molar-refractivity contribution in [1.29, 1.82) is 0 Å². The summed E-state index contributed by atoms with van der Waals surface area (Å²) in [6.07, 6.45) is 1.92. The zero-order valence-corrected chi connectivity index (χ0v) is 6.98. The quantitative estimate of drug-likeness (QED) is 0.449. The third-order valence-corrected chi connectivity index (χ3v) is 2.10. The molecule has 0 saturated heterocycles. The Morgan fingerprint density at radius 1 is 1.30 bits per heavy atom. The van der Waals surface area contributed by atoms with Gasteiger partial charge in [-0.15, -0.1) is 15.8 Å². The molecule has 1 aromatic rings. The fraction of sp³-hybridized carbons (Fsp3) is 0.111. The summed E-state index contributed by atoms with van der Waals surface area (Å²) < 4.78 is 0. The van der Waals surface area contributed by atoms with E-state index in [-0.39, 0.29) is 0 Å². The smallest absolute Gasteiger partial charge is 0.0161 e. The van der Waals surface area contributed by atoms with Gasteiger partial charge in [-0.2, -0.15) is 0 Å². The number of hydrogen-bond donors (Lipinski definition) is 0. The van der Waals surface area contributed by atoms with Crippen molar-refractivity contribution in [3.8, 4) is 0 Å². The van der Waals surface area contributed by atoms with Crippen molar-refractivity contribution in [2.24, 2.45) is 0 Å². The zero-order valence-electron chi connectivity index (χ0n) is 5.83. The van der Waals surface area contributed by atoms with E-state index >= 15 is 0 Å². The minimum absolute atomic E-state index is 0.390. The summed E-state index contributed by atoms with van der Waals surface area (Å²) in [6.45, 7) is 3.72. The van der Waals surface area contributed by atoms with Crippen LogP contribution in [-0.4, -0.2) is 0 Å². The first-order valence-corrected chi connectivity index (χ1v) is 3.94. The number of rotatable bonds is 2. The van der Waals surface area contributed by atoms with E-state index in [0.29, 0.717) is 5.66 Å². The summed E-state index contributed by atoms with van der Waals surface area (Å²) in [6, 6.07) is 10.3. The van der Waals surface area contributed by atoms with Crippen molar-refractivity contribution in [3.63, 3.8) is 0 Å². The van der Waals surface area contributed by atoms with Crippen LogP contribution in [0.2, 0.25) is 0 Å². The summed E-state index contributed by atoms with van der Waals surface area (Å²) in [5.41, 5.74) is 1.68. The van der Waals surface area contributed by atoms with Crippen LogP contribution in [0.4, 0.5) is 0 Å². The Balaban J connectivity index is 2.84. The molecule has 0 radical (unpaired) electrons. The van der Waals surface area contributed by atoms with E-state index in [4.69, 9.17) is 0 Å².